The lowest BCUT2D eigenvalue weighted by Crippen LogP contribution is -2.09. The van der Waals surface area contributed by atoms with Crippen LogP contribution in [0, 0.1) is 5.82 Å². The van der Waals surface area contributed by atoms with Crippen molar-refractivity contribution < 1.29 is 9.18 Å². The normalized spacial score (nSPS) is 15.7. The number of carbonyl (C=O) groups excluding carboxylic acids is 1. The number of halogens is 1. The molecular formula is C16H13FN2O. The summed E-state index contributed by atoms with van der Waals surface area (Å²) in [5.74, 6) is -0.412. The zero-order chi connectivity index (χ0) is 14.1. The fourth-order valence-corrected chi connectivity index (χ4v) is 2.35. The van der Waals surface area contributed by atoms with Gasteiger partial charge in [-0.25, -0.2) is 4.39 Å². The van der Waals surface area contributed by atoms with Crippen molar-refractivity contribution in [1.82, 2.24) is 0 Å². The van der Waals surface area contributed by atoms with Gasteiger partial charge in [0.25, 0.3) is 0 Å². The maximum Gasteiger partial charge on any atom is 0.185 e. The van der Waals surface area contributed by atoms with Crippen LogP contribution >= 0.6 is 0 Å². The fraction of sp³-hybridized carbons (Fsp3) is 0.125. The largest absolute Gasteiger partial charge is 0.396 e. The molecule has 0 fully saturated rings. The van der Waals surface area contributed by atoms with Crippen LogP contribution in [0.3, 0.4) is 0 Å². The van der Waals surface area contributed by atoms with E-state index in [0.29, 0.717) is 18.7 Å². The zero-order valence-electron chi connectivity index (χ0n) is 10.8. The molecule has 2 aromatic carbocycles. The summed E-state index contributed by atoms with van der Waals surface area (Å²) in [6.07, 6.45) is 0.403. The van der Waals surface area contributed by atoms with E-state index < -0.39 is 5.82 Å². The second kappa shape index (κ2) is 4.89. The molecule has 4 heteroatoms. The molecule has 0 bridgehead atoms. The van der Waals surface area contributed by atoms with Gasteiger partial charge in [-0.3, -0.25) is 9.79 Å². The third-order valence-corrected chi connectivity index (χ3v) is 3.37. The van der Waals surface area contributed by atoms with Crippen molar-refractivity contribution in [1.29, 1.82) is 0 Å². The van der Waals surface area contributed by atoms with Crippen molar-refractivity contribution in [2.24, 2.45) is 4.99 Å². The quantitative estimate of drug-likeness (QED) is 0.851. The van der Waals surface area contributed by atoms with Crippen LogP contribution in [0.5, 0.6) is 0 Å². The van der Waals surface area contributed by atoms with E-state index in [1.165, 1.54) is 6.07 Å². The Labute approximate surface area is 116 Å². The highest BCUT2D eigenvalue weighted by atomic mass is 19.1. The summed E-state index contributed by atoms with van der Waals surface area (Å²) >= 11 is 0. The minimum atomic E-state index is -0.441. The number of nitrogen functional groups attached to an aromatic ring is 1. The summed E-state index contributed by atoms with van der Waals surface area (Å²) in [6, 6.07) is 12.1. The molecule has 20 heavy (non-hydrogen) atoms. The van der Waals surface area contributed by atoms with Crippen molar-refractivity contribution >= 4 is 17.2 Å². The number of ketones is 1. The second-order valence-corrected chi connectivity index (χ2v) is 4.78. The molecular weight excluding hydrogens is 255 g/mol. The van der Waals surface area contributed by atoms with Crippen LogP contribution in [0.15, 0.2) is 47.5 Å². The zero-order valence-corrected chi connectivity index (χ0v) is 10.8. The van der Waals surface area contributed by atoms with E-state index in [1.807, 2.05) is 24.3 Å². The number of anilines is 1. The average molecular weight is 268 g/mol. The number of benzene rings is 2. The van der Waals surface area contributed by atoms with Gasteiger partial charge in [-0.05, 0) is 23.3 Å². The molecule has 0 saturated heterocycles. The van der Waals surface area contributed by atoms with Crippen LogP contribution in [-0.2, 0) is 17.8 Å². The minimum Gasteiger partial charge on any atom is -0.396 e. The van der Waals surface area contributed by atoms with Crippen molar-refractivity contribution in [2.75, 3.05) is 5.73 Å². The number of carbonyl (C=O) groups is 1. The maximum atomic E-state index is 13.1. The Kier molecular flexibility index (Phi) is 3.06. The SMILES string of the molecule is Nc1cc(CN=C2C(=O)Cc3ccccc32)ccc1F. The standard InChI is InChI=1S/C16H13FN2O/c17-13-6-5-10(7-14(13)18)9-19-16-12-4-2-1-3-11(12)8-15(16)20/h1-7H,8-9,18H2. The van der Waals surface area contributed by atoms with Crippen molar-refractivity contribution in [3.05, 3.63) is 65.0 Å². The molecule has 0 radical (unpaired) electrons. The van der Waals surface area contributed by atoms with Crippen molar-refractivity contribution in [2.45, 2.75) is 13.0 Å². The summed E-state index contributed by atoms with van der Waals surface area (Å²) in [5, 5.41) is 0. The summed E-state index contributed by atoms with van der Waals surface area (Å²) in [4.78, 5) is 16.3. The Morgan fingerprint density at radius 2 is 2.00 bits per heavy atom. The fourth-order valence-electron chi connectivity index (χ4n) is 2.35. The Hall–Kier alpha value is -2.49. The smallest absolute Gasteiger partial charge is 0.185 e. The molecule has 0 heterocycles. The lowest BCUT2D eigenvalue weighted by Gasteiger charge is -2.02. The topological polar surface area (TPSA) is 55.4 Å². The molecule has 1 aliphatic rings. The molecule has 0 atom stereocenters. The minimum absolute atomic E-state index is 0.0290. The van der Waals surface area contributed by atoms with Gasteiger partial charge >= 0.3 is 0 Å². The van der Waals surface area contributed by atoms with Crippen LogP contribution in [0.1, 0.15) is 16.7 Å². The van der Waals surface area contributed by atoms with E-state index in [0.717, 1.165) is 16.7 Å². The molecule has 0 unspecified atom stereocenters. The van der Waals surface area contributed by atoms with E-state index in [2.05, 4.69) is 4.99 Å². The summed E-state index contributed by atoms with van der Waals surface area (Å²) in [6.45, 7) is 0.319. The Balaban J connectivity index is 1.89. The molecule has 0 aromatic heterocycles. The molecule has 0 amide bonds. The van der Waals surface area contributed by atoms with Crippen LogP contribution in [-0.4, -0.2) is 11.5 Å². The molecule has 2 aromatic rings. The van der Waals surface area contributed by atoms with Gasteiger partial charge in [0.05, 0.1) is 12.2 Å². The number of aliphatic imine (C=N–C) groups is 1. The highest BCUT2D eigenvalue weighted by Gasteiger charge is 2.25. The molecule has 3 rings (SSSR count). The van der Waals surface area contributed by atoms with Crippen molar-refractivity contribution in [3.63, 3.8) is 0 Å². The number of nitrogens with zero attached hydrogens (tertiary/aromatic N) is 1. The van der Waals surface area contributed by atoms with Crippen LogP contribution in [0.25, 0.3) is 0 Å². The van der Waals surface area contributed by atoms with Crippen LogP contribution in [0.2, 0.25) is 0 Å². The predicted molar refractivity (Wildman–Crippen MR) is 76.2 cm³/mol. The first-order chi connectivity index (χ1) is 9.65. The molecule has 100 valence electrons. The van der Waals surface area contributed by atoms with Crippen molar-refractivity contribution in [3.8, 4) is 0 Å². The highest BCUT2D eigenvalue weighted by Crippen LogP contribution is 2.21. The number of nitrogens with two attached hydrogens (primary N) is 1. The summed E-state index contributed by atoms with van der Waals surface area (Å²) in [7, 11) is 0. The monoisotopic (exact) mass is 268 g/mol. The first kappa shape index (κ1) is 12.5. The maximum absolute atomic E-state index is 13.1. The number of fused-ring (bicyclic) bond motifs is 1. The third kappa shape index (κ3) is 2.20. The number of rotatable bonds is 2. The van der Waals surface area contributed by atoms with Gasteiger partial charge in [-0.1, -0.05) is 30.3 Å². The number of Topliss-reactive ketones (excluding diaryl/α,β-unsaturated/α-hetero) is 1. The molecule has 0 spiro atoms. The second-order valence-electron chi connectivity index (χ2n) is 4.78. The number of hydrogen-bond acceptors (Lipinski definition) is 3. The Morgan fingerprint density at radius 1 is 1.20 bits per heavy atom. The van der Waals surface area contributed by atoms with E-state index in [1.54, 1.807) is 12.1 Å². The van der Waals surface area contributed by atoms with Crippen LogP contribution < -0.4 is 5.73 Å². The predicted octanol–water partition coefficient (Wildman–Crippen LogP) is 2.52. The van der Waals surface area contributed by atoms with E-state index in [-0.39, 0.29) is 11.5 Å². The molecule has 3 nitrogen and oxygen atoms in total. The Morgan fingerprint density at radius 3 is 2.80 bits per heavy atom. The lowest BCUT2D eigenvalue weighted by molar-refractivity contribution is -0.112. The first-order valence-electron chi connectivity index (χ1n) is 6.35. The van der Waals surface area contributed by atoms with Gasteiger partial charge in [0.15, 0.2) is 5.78 Å². The van der Waals surface area contributed by atoms with E-state index in [4.69, 9.17) is 5.73 Å². The number of hydrogen-bond donors (Lipinski definition) is 1. The van der Waals surface area contributed by atoms with Gasteiger partial charge in [0, 0.05) is 12.0 Å². The molecule has 0 saturated carbocycles. The van der Waals surface area contributed by atoms with Gasteiger partial charge in [-0.15, -0.1) is 0 Å². The molecule has 0 aliphatic heterocycles. The summed E-state index contributed by atoms with van der Waals surface area (Å²) < 4.78 is 13.1. The molecule has 1 aliphatic carbocycles. The summed E-state index contributed by atoms with van der Waals surface area (Å²) in [5.41, 5.74) is 8.81. The molecule has 2 N–H and O–H groups in total. The van der Waals surface area contributed by atoms with Gasteiger partial charge in [0.2, 0.25) is 0 Å². The van der Waals surface area contributed by atoms with Crippen LogP contribution in [0.4, 0.5) is 10.1 Å². The Bertz CT molecular complexity index is 722. The third-order valence-electron chi connectivity index (χ3n) is 3.37. The van der Waals surface area contributed by atoms with E-state index in [9.17, 15) is 9.18 Å². The van der Waals surface area contributed by atoms with E-state index >= 15 is 0 Å². The first-order valence-corrected chi connectivity index (χ1v) is 6.35. The van der Waals surface area contributed by atoms with Gasteiger partial charge < -0.3 is 5.73 Å². The highest BCUT2D eigenvalue weighted by molar-refractivity contribution is 6.49. The van der Waals surface area contributed by atoms with Gasteiger partial charge in [-0.2, -0.15) is 0 Å². The van der Waals surface area contributed by atoms with Gasteiger partial charge in [0.1, 0.15) is 11.5 Å². The lowest BCUT2D eigenvalue weighted by atomic mass is 10.1. The average Bonchev–Trinajstić information content (AvgIpc) is 2.76.